The van der Waals surface area contributed by atoms with E-state index < -0.39 is 0 Å². The summed E-state index contributed by atoms with van der Waals surface area (Å²) in [5.41, 5.74) is 0. The molecule has 0 nitrogen and oxygen atoms in total. The summed E-state index contributed by atoms with van der Waals surface area (Å²) >= 11 is 2.17. The molecule has 0 heterocycles. The van der Waals surface area contributed by atoms with Crippen LogP contribution in [0.15, 0.2) is 0 Å². The van der Waals surface area contributed by atoms with Crippen LogP contribution in [0.3, 0.4) is 0 Å². The van der Waals surface area contributed by atoms with Gasteiger partial charge in [-0.25, -0.2) is 0 Å². The lowest BCUT2D eigenvalue weighted by atomic mass is 10.3. The Balaban J connectivity index is 2.75. The van der Waals surface area contributed by atoms with Gasteiger partial charge in [0.1, 0.15) is 0 Å². The van der Waals surface area contributed by atoms with Crippen LogP contribution < -0.4 is 0 Å². The summed E-state index contributed by atoms with van der Waals surface area (Å²) in [5.74, 6) is 0.255. The third-order valence-electron chi connectivity index (χ3n) is 0.527. The topological polar surface area (TPSA) is 0 Å². The highest BCUT2D eigenvalue weighted by Gasteiger charge is 1.93. The van der Waals surface area contributed by atoms with E-state index in [9.17, 15) is 4.39 Å². The molecule has 0 aromatic rings. The number of hydrogen-bond acceptors (Lipinski definition) is 0. The van der Waals surface area contributed by atoms with Crippen LogP contribution in [0.5, 0.6) is 0 Å². The van der Waals surface area contributed by atoms with Gasteiger partial charge < -0.3 is 0 Å². The molecule has 0 aromatic carbocycles. The monoisotopic (exact) mass is 202 g/mol. The molecule has 0 saturated heterocycles. The molecule has 2 heteroatoms. The van der Waals surface area contributed by atoms with Gasteiger partial charge in [-0.3, -0.25) is 4.39 Å². The highest BCUT2D eigenvalue weighted by atomic mass is 127. The zero-order chi connectivity index (χ0) is 4.99. The second-order valence-electron chi connectivity index (χ2n) is 1.41. The van der Waals surface area contributed by atoms with E-state index in [4.69, 9.17) is 0 Å². The van der Waals surface area contributed by atoms with Gasteiger partial charge >= 0.3 is 0 Å². The van der Waals surface area contributed by atoms with Crippen LogP contribution in [0.1, 0.15) is 6.92 Å². The minimum absolute atomic E-state index is 0.178. The van der Waals surface area contributed by atoms with Crippen molar-refractivity contribution in [3.63, 3.8) is 0 Å². The summed E-state index contributed by atoms with van der Waals surface area (Å²) < 4.78 is 12.3. The summed E-state index contributed by atoms with van der Waals surface area (Å²) in [7, 11) is 0. The molecular formula is C4H8FI. The Kier molecular flexibility index (Phi) is 4.26. The Morgan fingerprint density at radius 1 is 1.83 bits per heavy atom. The standard InChI is InChI=1S/C4H8FI/c1-4(2-5)3-6/h4H,2-3H2,1H3/t4-/m1/s1. The zero-order valence-electron chi connectivity index (χ0n) is 3.75. The molecule has 0 aliphatic carbocycles. The van der Waals surface area contributed by atoms with Gasteiger partial charge in [0.15, 0.2) is 0 Å². The Morgan fingerprint density at radius 2 is 2.33 bits per heavy atom. The average molecular weight is 202 g/mol. The zero-order valence-corrected chi connectivity index (χ0v) is 5.90. The molecule has 0 fully saturated rings. The first-order chi connectivity index (χ1) is 2.81. The lowest BCUT2D eigenvalue weighted by Gasteiger charge is -1.94. The highest BCUT2D eigenvalue weighted by Crippen LogP contribution is 1.98. The SMILES string of the molecule is C[C@H](CF)CI. The van der Waals surface area contributed by atoms with Crippen LogP contribution in [0.2, 0.25) is 0 Å². The maximum absolute atomic E-state index is 11.4. The van der Waals surface area contributed by atoms with Crippen molar-refractivity contribution in [1.82, 2.24) is 0 Å². The fourth-order valence-electron chi connectivity index (χ4n) is 0.0412. The van der Waals surface area contributed by atoms with Gasteiger partial charge in [0, 0.05) is 4.43 Å². The largest absolute Gasteiger partial charge is 0.251 e. The molecule has 0 unspecified atom stereocenters. The van der Waals surface area contributed by atoms with Gasteiger partial charge in [-0.05, 0) is 5.92 Å². The van der Waals surface area contributed by atoms with E-state index in [1.54, 1.807) is 0 Å². The van der Waals surface area contributed by atoms with E-state index in [1.807, 2.05) is 6.92 Å². The predicted octanol–water partition coefficient (Wildman–Crippen LogP) is 2.03. The minimum atomic E-state index is -0.178. The Morgan fingerprint density at radius 3 is 2.33 bits per heavy atom. The van der Waals surface area contributed by atoms with E-state index >= 15 is 0 Å². The van der Waals surface area contributed by atoms with E-state index in [0.717, 1.165) is 4.43 Å². The normalized spacial score (nSPS) is 14.5. The molecule has 0 radical (unpaired) electrons. The van der Waals surface area contributed by atoms with Crippen molar-refractivity contribution in [2.24, 2.45) is 5.92 Å². The first kappa shape index (κ1) is 6.66. The van der Waals surface area contributed by atoms with Gasteiger partial charge in [-0.15, -0.1) is 0 Å². The maximum atomic E-state index is 11.4. The third-order valence-corrected chi connectivity index (χ3v) is 2.03. The van der Waals surface area contributed by atoms with Gasteiger partial charge in [0.05, 0.1) is 6.67 Å². The van der Waals surface area contributed by atoms with Crippen molar-refractivity contribution in [2.75, 3.05) is 11.1 Å². The van der Waals surface area contributed by atoms with Crippen molar-refractivity contribution in [3.8, 4) is 0 Å². The van der Waals surface area contributed by atoms with E-state index in [0.29, 0.717) is 0 Å². The van der Waals surface area contributed by atoms with Crippen LogP contribution in [-0.4, -0.2) is 11.1 Å². The fourth-order valence-corrected chi connectivity index (χ4v) is 0.277. The molecule has 1 atom stereocenters. The van der Waals surface area contributed by atoms with Crippen molar-refractivity contribution in [2.45, 2.75) is 6.92 Å². The molecule has 0 saturated carbocycles. The van der Waals surface area contributed by atoms with Crippen LogP contribution in [-0.2, 0) is 0 Å². The third kappa shape index (κ3) is 2.87. The van der Waals surface area contributed by atoms with Crippen LogP contribution in [0, 0.1) is 5.92 Å². The number of alkyl halides is 2. The molecular weight excluding hydrogens is 194 g/mol. The molecule has 0 aliphatic heterocycles. The van der Waals surface area contributed by atoms with Crippen molar-refractivity contribution >= 4 is 22.6 Å². The van der Waals surface area contributed by atoms with E-state index in [2.05, 4.69) is 22.6 Å². The van der Waals surface area contributed by atoms with Gasteiger partial charge in [-0.2, -0.15) is 0 Å². The van der Waals surface area contributed by atoms with Gasteiger partial charge in [0.25, 0.3) is 0 Å². The summed E-state index contributed by atoms with van der Waals surface area (Å²) in [6.45, 7) is 1.72. The van der Waals surface area contributed by atoms with Crippen LogP contribution in [0.25, 0.3) is 0 Å². The van der Waals surface area contributed by atoms with Gasteiger partial charge in [0.2, 0.25) is 0 Å². The smallest absolute Gasteiger partial charge is 0.0927 e. The number of rotatable bonds is 2. The molecule has 0 spiro atoms. The van der Waals surface area contributed by atoms with E-state index in [-0.39, 0.29) is 12.6 Å². The second-order valence-corrected chi connectivity index (χ2v) is 2.29. The minimum Gasteiger partial charge on any atom is -0.251 e. The molecule has 0 N–H and O–H groups in total. The fraction of sp³-hybridized carbons (Fsp3) is 1.00. The van der Waals surface area contributed by atoms with Crippen molar-refractivity contribution in [1.29, 1.82) is 0 Å². The Labute approximate surface area is 51.3 Å². The Bertz CT molecular complexity index is 26.7. The molecule has 0 bridgehead atoms. The molecule has 0 aromatic heterocycles. The quantitative estimate of drug-likeness (QED) is 0.474. The predicted molar refractivity (Wildman–Crippen MR) is 34.0 cm³/mol. The molecule has 0 amide bonds. The lowest BCUT2D eigenvalue weighted by Crippen LogP contribution is -1.95. The summed E-state index contributed by atoms with van der Waals surface area (Å²) in [6.07, 6.45) is 0. The first-order valence-electron chi connectivity index (χ1n) is 1.93. The number of halogens is 2. The molecule has 0 rings (SSSR count). The maximum Gasteiger partial charge on any atom is 0.0927 e. The van der Waals surface area contributed by atoms with Gasteiger partial charge in [-0.1, -0.05) is 29.5 Å². The average Bonchev–Trinajstić information content (AvgIpc) is 1.65. The number of hydrogen-bond donors (Lipinski definition) is 0. The van der Waals surface area contributed by atoms with Crippen LogP contribution >= 0.6 is 22.6 Å². The van der Waals surface area contributed by atoms with Crippen LogP contribution in [0.4, 0.5) is 4.39 Å². The van der Waals surface area contributed by atoms with E-state index in [1.165, 1.54) is 0 Å². The molecule has 6 heavy (non-hydrogen) atoms. The molecule has 0 aliphatic rings. The van der Waals surface area contributed by atoms with Crippen molar-refractivity contribution in [3.05, 3.63) is 0 Å². The molecule has 38 valence electrons. The summed E-state index contributed by atoms with van der Waals surface area (Å²) in [4.78, 5) is 0. The lowest BCUT2D eigenvalue weighted by molar-refractivity contribution is 0.412. The first-order valence-corrected chi connectivity index (χ1v) is 3.45. The Hall–Kier alpha value is 0.660. The highest BCUT2D eigenvalue weighted by molar-refractivity contribution is 14.1. The summed E-state index contributed by atoms with van der Waals surface area (Å²) in [5, 5.41) is 0. The summed E-state index contributed by atoms with van der Waals surface area (Å²) in [6, 6.07) is 0. The second kappa shape index (κ2) is 3.84. The van der Waals surface area contributed by atoms with Crippen molar-refractivity contribution < 1.29 is 4.39 Å².